The van der Waals surface area contributed by atoms with Crippen molar-refractivity contribution < 1.29 is 5.11 Å². The topological polar surface area (TPSA) is 32.3 Å². The summed E-state index contributed by atoms with van der Waals surface area (Å²) >= 11 is 5.98. The SMILES string of the molecule is CC(O)CCNC1CC(c2cccc(Cl)c2)C1. The molecule has 1 aromatic carbocycles. The molecule has 1 saturated carbocycles. The molecule has 1 aromatic rings. The fourth-order valence-electron chi connectivity index (χ4n) is 2.31. The Morgan fingerprint density at radius 1 is 1.47 bits per heavy atom. The molecule has 1 fully saturated rings. The zero-order valence-electron chi connectivity index (χ0n) is 10.2. The first-order valence-corrected chi connectivity index (χ1v) is 6.70. The molecule has 0 spiro atoms. The second kappa shape index (κ2) is 5.85. The molecule has 2 rings (SSSR count). The van der Waals surface area contributed by atoms with Crippen molar-refractivity contribution >= 4 is 11.6 Å². The lowest BCUT2D eigenvalue weighted by molar-refractivity contribution is 0.177. The minimum absolute atomic E-state index is 0.202. The van der Waals surface area contributed by atoms with Crippen LogP contribution in [0.2, 0.25) is 5.02 Å². The van der Waals surface area contributed by atoms with Crippen molar-refractivity contribution in [3.05, 3.63) is 34.9 Å². The molecule has 0 bridgehead atoms. The number of hydrogen-bond acceptors (Lipinski definition) is 2. The zero-order chi connectivity index (χ0) is 12.3. The molecule has 1 atom stereocenters. The summed E-state index contributed by atoms with van der Waals surface area (Å²) in [6.07, 6.45) is 2.99. The van der Waals surface area contributed by atoms with Crippen molar-refractivity contribution in [2.45, 2.75) is 44.2 Å². The van der Waals surface area contributed by atoms with E-state index in [9.17, 15) is 0 Å². The lowest BCUT2D eigenvalue weighted by Gasteiger charge is -2.36. The third kappa shape index (κ3) is 3.70. The standard InChI is InChI=1S/C14H20ClNO/c1-10(17)5-6-16-14-8-12(9-14)11-3-2-4-13(15)7-11/h2-4,7,10,12,14,16-17H,5-6,8-9H2,1H3. The molecule has 2 nitrogen and oxygen atoms in total. The largest absolute Gasteiger partial charge is 0.393 e. The number of hydrogen-bond donors (Lipinski definition) is 2. The predicted molar refractivity (Wildman–Crippen MR) is 71.5 cm³/mol. The molecule has 0 heterocycles. The summed E-state index contributed by atoms with van der Waals surface area (Å²) in [6, 6.07) is 8.77. The number of benzene rings is 1. The molecule has 94 valence electrons. The summed E-state index contributed by atoms with van der Waals surface area (Å²) in [4.78, 5) is 0. The highest BCUT2D eigenvalue weighted by Gasteiger charge is 2.29. The summed E-state index contributed by atoms with van der Waals surface area (Å²) in [5, 5.41) is 13.5. The smallest absolute Gasteiger partial charge is 0.0524 e. The average Bonchev–Trinajstić information content (AvgIpc) is 2.21. The van der Waals surface area contributed by atoms with Crippen LogP contribution >= 0.6 is 11.6 Å². The van der Waals surface area contributed by atoms with Gasteiger partial charge in [-0.1, -0.05) is 23.7 Å². The number of halogens is 1. The van der Waals surface area contributed by atoms with Crippen molar-refractivity contribution in [2.24, 2.45) is 0 Å². The highest BCUT2D eigenvalue weighted by molar-refractivity contribution is 6.30. The van der Waals surface area contributed by atoms with Crippen LogP contribution in [0.4, 0.5) is 0 Å². The number of aliphatic hydroxyl groups is 1. The summed E-state index contributed by atoms with van der Waals surface area (Å²) in [6.45, 7) is 2.74. The van der Waals surface area contributed by atoms with Crippen LogP contribution in [-0.4, -0.2) is 23.8 Å². The number of nitrogens with one attached hydrogen (secondary N) is 1. The first-order chi connectivity index (χ1) is 8.15. The Morgan fingerprint density at radius 3 is 2.88 bits per heavy atom. The lowest BCUT2D eigenvalue weighted by atomic mass is 9.76. The lowest BCUT2D eigenvalue weighted by Crippen LogP contribution is -2.41. The van der Waals surface area contributed by atoms with Gasteiger partial charge in [0.2, 0.25) is 0 Å². The van der Waals surface area contributed by atoms with Crippen LogP contribution < -0.4 is 5.32 Å². The third-order valence-electron chi connectivity index (χ3n) is 3.45. The van der Waals surface area contributed by atoms with E-state index < -0.39 is 0 Å². The minimum Gasteiger partial charge on any atom is -0.393 e. The van der Waals surface area contributed by atoms with Crippen molar-refractivity contribution in [1.82, 2.24) is 5.32 Å². The number of rotatable bonds is 5. The maximum absolute atomic E-state index is 9.16. The van der Waals surface area contributed by atoms with Crippen LogP contribution in [0.1, 0.15) is 37.7 Å². The summed E-state index contributed by atoms with van der Waals surface area (Å²) < 4.78 is 0. The van der Waals surface area contributed by atoms with Crippen molar-refractivity contribution in [3.63, 3.8) is 0 Å². The molecule has 17 heavy (non-hydrogen) atoms. The average molecular weight is 254 g/mol. The predicted octanol–water partition coefficient (Wildman–Crippen LogP) is 2.95. The van der Waals surface area contributed by atoms with Gasteiger partial charge in [-0.15, -0.1) is 0 Å². The van der Waals surface area contributed by atoms with Crippen molar-refractivity contribution in [2.75, 3.05) is 6.54 Å². The van der Waals surface area contributed by atoms with Crippen molar-refractivity contribution in [3.8, 4) is 0 Å². The Balaban J connectivity index is 1.72. The maximum Gasteiger partial charge on any atom is 0.0524 e. The number of aliphatic hydroxyl groups excluding tert-OH is 1. The molecule has 1 aliphatic carbocycles. The van der Waals surface area contributed by atoms with E-state index in [2.05, 4.69) is 17.4 Å². The summed E-state index contributed by atoms with van der Waals surface area (Å²) in [5.41, 5.74) is 1.35. The molecule has 1 aliphatic rings. The monoisotopic (exact) mass is 253 g/mol. The van der Waals surface area contributed by atoms with Gasteiger partial charge in [-0.2, -0.15) is 0 Å². The van der Waals surface area contributed by atoms with E-state index in [0.29, 0.717) is 12.0 Å². The first-order valence-electron chi connectivity index (χ1n) is 6.32. The fraction of sp³-hybridized carbons (Fsp3) is 0.571. The molecule has 0 aliphatic heterocycles. The van der Waals surface area contributed by atoms with Gasteiger partial charge in [-0.25, -0.2) is 0 Å². The van der Waals surface area contributed by atoms with Gasteiger partial charge in [-0.3, -0.25) is 0 Å². The molecule has 2 N–H and O–H groups in total. The van der Waals surface area contributed by atoms with Crippen LogP contribution in [0.3, 0.4) is 0 Å². The Hall–Kier alpha value is -0.570. The summed E-state index contributed by atoms with van der Waals surface area (Å²) in [7, 11) is 0. The Morgan fingerprint density at radius 2 is 2.24 bits per heavy atom. The third-order valence-corrected chi connectivity index (χ3v) is 3.69. The maximum atomic E-state index is 9.16. The molecule has 1 unspecified atom stereocenters. The van der Waals surface area contributed by atoms with Gasteiger partial charge in [0.05, 0.1) is 6.10 Å². The van der Waals surface area contributed by atoms with E-state index in [1.54, 1.807) is 0 Å². The van der Waals surface area contributed by atoms with Gasteiger partial charge in [0, 0.05) is 11.1 Å². The van der Waals surface area contributed by atoms with Crippen molar-refractivity contribution in [1.29, 1.82) is 0 Å². The Labute approximate surface area is 108 Å². The van der Waals surface area contributed by atoms with Crippen LogP contribution in [0.5, 0.6) is 0 Å². The van der Waals surface area contributed by atoms with E-state index in [-0.39, 0.29) is 6.10 Å². The quantitative estimate of drug-likeness (QED) is 0.846. The highest BCUT2D eigenvalue weighted by Crippen LogP contribution is 2.37. The Bertz CT molecular complexity index is 361. The van der Waals surface area contributed by atoms with Gasteiger partial charge >= 0.3 is 0 Å². The van der Waals surface area contributed by atoms with Gasteiger partial charge in [-0.05, 0) is 56.3 Å². The molecule has 0 saturated heterocycles. The first kappa shape index (κ1) is 12.9. The van der Waals surface area contributed by atoms with E-state index >= 15 is 0 Å². The second-order valence-corrected chi connectivity index (χ2v) is 5.45. The van der Waals surface area contributed by atoms with Crippen LogP contribution in [-0.2, 0) is 0 Å². The molecule has 0 radical (unpaired) electrons. The summed E-state index contributed by atoms with van der Waals surface area (Å²) in [5.74, 6) is 0.651. The highest BCUT2D eigenvalue weighted by atomic mass is 35.5. The molecular weight excluding hydrogens is 234 g/mol. The van der Waals surface area contributed by atoms with E-state index in [0.717, 1.165) is 18.0 Å². The molecule has 0 amide bonds. The molecular formula is C14H20ClNO. The molecule has 3 heteroatoms. The van der Waals surface area contributed by atoms with Crippen LogP contribution in [0.15, 0.2) is 24.3 Å². The zero-order valence-corrected chi connectivity index (χ0v) is 11.0. The van der Waals surface area contributed by atoms with Gasteiger partial charge in [0.1, 0.15) is 0 Å². The second-order valence-electron chi connectivity index (χ2n) is 5.01. The van der Waals surface area contributed by atoms with Crippen LogP contribution in [0, 0.1) is 0 Å². The minimum atomic E-state index is -0.202. The van der Waals surface area contributed by atoms with Gasteiger partial charge < -0.3 is 10.4 Å². The van der Waals surface area contributed by atoms with E-state index in [4.69, 9.17) is 16.7 Å². The van der Waals surface area contributed by atoms with Gasteiger partial charge in [0.15, 0.2) is 0 Å². The van der Waals surface area contributed by atoms with Crippen LogP contribution in [0.25, 0.3) is 0 Å². The van der Waals surface area contributed by atoms with E-state index in [1.165, 1.54) is 18.4 Å². The van der Waals surface area contributed by atoms with Gasteiger partial charge in [0.25, 0.3) is 0 Å². The van der Waals surface area contributed by atoms with E-state index in [1.807, 2.05) is 19.1 Å². The molecule has 0 aromatic heterocycles. The normalized spacial score (nSPS) is 25.4. The Kier molecular flexibility index (Phi) is 4.43. The fourth-order valence-corrected chi connectivity index (χ4v) is 2.51.